The van der Waals surface area contributed by atoms with Crippen LogP contribution >= 0.6 is 22.9 Å². The van der Waals surface area contributed by atoms with Crippen LogP contribution in [0.5, 0.6) is 0 Å². The van der Waals surface area contributed by atoms with Crippen molar-refractivity contribution >= 4 is 22.9 Å². The first-order valence-corrected chi connectivity index (χ1v) is 7.42. The lowest BCUT2D eigenvalue weighted by molar-refractivity contribution is 0.471. The molecule has 1 aromatic rings. The molecule has 0 spiro atoms. The number of thiophene rings is 1. The Morgan fingerprint density at radius 2 is 2.19 bits per heavy atom. The minimum Gasteiger partial charge on any atom is -0.317 e. The maximum atomic E-state index is 6.07. The summed E-state index contributed by atoms with van der Waals surface area (Å²) in [6, 6.07) is 2.00. The Morgan fingerprint density at radius 1 is 1.38 bits per heavy atom. The van der Waals surface area contributed by atoms with Gasteiger partial charge in [-0.15, -0.1) is 11.3 Å². The van der Waals surface area contributed by atoms with E-state index in [9.17, 15) is 0 Å². The highest BCUT2D eigenvalue weighted by Gasteiger charge is 2.06. The van der Waals surface area contributed by atoms with Crippen LogP contribution in [0.15, 0.2) is 11.4 Å². The second-order valence-electron chi connectivity index (χ2n) is 4.37. The van der Waals surface area contributed by atoms with Gasteiger partial charge in [-0.2, -0.15) is 0 Å². The van der Waals surface area contributed by atoms with Crippen LogP contribution in [-0.2, 0) is 6.42 Å². The molecule has 0 radical (unpaired) electrons. The quantitative estimate of drug-likeness (QED) is 0.684. The minimum absolute atomic E-state index is 0.780. The van der Waals surface area contributed by atoms with Gasteiger partial charge in [0.15, 0.2) is 0 Å². The summed E-state index contributed by atoms with van der Waals surface area (Å²) in [6.07, 6.45) is 4.86. The molecule has 0 aromatic carbocycles. The van der Waals surface area contributed by atoms with E-state index < -0.39 is 0 Å². The summed E-state index contributed by atoms with van der Waals surface area (Å²) >= 11 is 7.84. The van der Waals surface area contributed by atoms with Crippen molar-refractivity contribution in [2.45, 2.75) is 39.5 Å². The number of hydrogen-bond acceptors (Lipinski definition) is 2. The Morgan fingerprint density at radius 3 is 2.81 bits per heavy atom. The molecule has 0 aliphatic heterocycles. The van der Waals surface area contributed by atoms with E-state index in [0.29, 0.717) is 0 Å². The van der Waals surface area contributed by atoms with Gasteiger partial charge in [0.05, 0.1) is 5.02 Å². The van der Waals surface area contributed by atoms with E-state index >= 15 is 0 Å². The molecule has 1 heterocycles. The number of hydrogen-bond donors (Lipinski definition) is 1. The van der Waals surface area contributed by atoms with Gasteiger partial charge in [-0.1, -0.05) is 25.4 Å². The molecule has 3 heteroatoms. The van der Waals surface area contributed by atoms with Gasteiger partial charge in [0.1, 0.15) is 0 Å². The van der Waals surface area contributed by atoms with E-state index in [1.165, 1.54) is 24.1 Å². The number of aryl methyl sites for hydroxylation is 1. The van der Waals surface area contributed by atoms with Crippen LogP contribution in [0.25, 0.3) is 0 Å². The van der Waals surface area contributed by atoms with Crippen molar-refractivity contribution in [3.8, 4) is 0 Å². The molecule has 1 unspecified atom stereocenters. The molecule has 1 atom stereocenters. The van der Waals surface area contributed by atoms with E-state index in [-0.39, 0.29) is 0 Å². The largest absolute Gasteiger partial charge is 0.317 e. The molecular formula is C13H22ClNS. The SMILES string of the molecule is CCCNCCC(C)CCc1sccc1Cl. The second kappa shape index (κ2) is 8.10. The van der Waals surface area contributed by atoms with Crippen molar-refractivity contribution in [1.82, 2.24) is 5.32 Å². The van der Waals surface area contributed by atoms with E-state index in [2.05, 4.69) is 24.5 Å². The topological polar surface area (TPSA) is 12.0 Å². The van der Waals surface area contributed by atoms with Crippen molar-refractivity contribution in [2.75, 3.05) is 13.1 Å². The highest BCUT2D eigenvalue weighted by molar-refractivity contribution is 7.10. The molecular weight excluding hydrogens is 238 g/mol. The highest BCUT2D eigenvalue weighted by atomic mass is 35.5. The molecule has 1 nitrogen and oxygen atoms in total. The Kier molecular flexibility index (Phi) is 7.10. The summed E-state index contributed by atoms with van der Waals surface area (Å²) < 4.78 is 0. The number of nitrogens with one attached hydrogen (secondary N) is 1. The zero-order valence-corrected chi connectivity index (χ0v) is 11.8. The van der Waals surface area contributed by atoms with Gasteiger partial charge in [0.25, 0.3) is 0 Å². The van der Waals surface area contributed by atoms with Crippen molar-refractivity contribution in [3.05, 3.63) is 21.3 Å². The standard InChI is InChI=1S/C13H22ClNS/c1-3-8-15-9-6-11(2)4-5-13-12(14)7-10-16-13/h7,10-11,15H,3-6,8-9H2,1-2H3. The Labute approximate surface area is 108 Å². The summed E-state index contributed by atoms with van der Waals surface area (Å²) in [5.41, 5.74) is 0. The van der Waals surface area contributed by atoms with Crippen molar-refractivity contribution in [3.63, 3.8) is 0 Å². The van der Waals surface area contributed by atoms with Crippen LogP contribution in [0.3, 0.4) is 0 Å². The average molecular weight is 260 g/mol. The van der Waals surface area contributed by atoms with Gasteiger partial charge in [-0.25, -0.2) is 0 Å². The molecule has 16 heavy (non-hydrogen) atoms. The van der Waals surface area contributed by atoms with Crippen molar-refractivity contribution in [2.24, 2.45) is 5.92 Å². The highest BCUT2D eigenvalue weighted by Crippen LogP contribution is 2.25. The van der Waals surface area contributed by atoms with Gasteiger partial charge in [-0.3, -0.25) is 0 Å². The second-order valence-corrected chi connectivity index (χ2v) is 5.78. The summed E-state index contributed by atoms with van der Waals surface area (Å²) in [4.78, 5) is 1.34. The average Bonchev–Trinajstić information content (AvgIpc) is 2.67. The zero-order chi connectivity index (χ0) is 11.8. The maximum Gasteiger partial charge on any atom is 0.0544 e. The number of rotatable bonds is 8. The summed E-state index contributed by atoms with van der Waals surface area (Å²) in [5.74, 6) is 0.780. The first-order valence-electron chi connectivity index (χ1n) is 6.16. The van der Waals surface area contributed by atoms with Gasteiger partial charge < -0.3 is 5.32 Å². The molecule has 0 fully saturated rings. The van der Waals surface area contributed by atoms with Gasteiger partial charge in [-0.05, 0) is 56.1 Å². The third kappa shape index (κ3) is 5.33. The molecule has 0 aliphatic rings. The van der Waals surface area contributed by atoms with Crippen molar-refractivity contribution in [1.29, 1.82) is 0 Å². The lowest BCUT2D eigenvalue weighted by Gasteiger charge is -2.11. The Hall–Kier alpha value is -0.0500. The zero-order valence-electron chi connectivity index (χ0n) is 10.3. The Bertz CT molecular complexity index is 285. The van der Waals surface area contributed by atoms with Gasteiger partial charge in [0.2, 0.25) is 0 Å². The van der Waals surface area contributed by atoms with Crippen molar-refractivity contribution < 1.29 is 0 Å². The van der Waals surface area contributed by atoms with Crippen LogP contribution in [-0.4, -0.2) is 13.1 Å². The fourth-order valence-electron chi connectivity index (χ4n) is 1.68. The minimum atomic E-state index is 0.780. The first-order chi connectivity index (χ1) is 7.74. The molecule has 1 N–H and O–H groups in total. The lowest BCUT2D eigenvalue weighted by Crippen LogP contribution is -2.18. The molecule has 92 valence electrons. The lowest BCUT2D eigenvalue weighted by atomic mass is 10.0. The smallest absolute Gasteiger partial charge is 0.0544 e. The van der Waals surface area contributed by atoms with Gasteiger partial charge in [0, 0.05) is 4.88 Å². The van der Waals surface area contributed by atoms with Gasteiger partial charge >= 0.3 is 0 Å². The van der Waals surface area contributed by atoms with Crippen LogP contribution in [0.1, 0.15) is 38.0 Å². The molecule has 1 rings (SSSR count). The monoisotopic (exact) mass is 259 g/mol. The predicted molar refractivity (Wildman–Crippen MR) is 74.6 cm³/mol. The summed E-state index contributed by atoms with van der Waals surface area (Å²) in [7, 11) is 0. The molecule has 0 amide bonds. The van der Waals surface area contributed by atoms with E-state index in [0.717, 1.165) is 30.5 Å². The molecule has 0 aliphatic carbocycles. The fraction of sp³-hybridized carbons (Fsp3) is 0.692. The van der Waals surface area contributed by atoms with Crippen LogP contribution in [0.4, 0.5) is 0 Å². The molecule has 0 bridgehead atoms. The predicted octanol–water partition coefficient (Wildman–Crippen LogP) is 4.36. The Balaban J connectivity index is 2.10. The molecule has 1 aromatic heterocycles. The molecule has 0 saturated heterocycles. The third-order valence-corrected chi connectivity index (χ3v) is 4.24. The van der Waals surface area contributed by atoms with E-state index in [4.69, 9.17) is 11.6 Å². The summed E-state index contributed by atoms with van der Waals surface area (Å²) in [5, 5.41) is 6.47. The first kappa shape index (κ1) is 14.0. The maximum absolute atomic E-state index is 6.07. The number of halogens is 1. The normalized spacial score (nSPS) is 12.9. The van der Waals surface area contributed by atoms with Crippen LogP contribution < -0.4 is 5.32 Å². The van der Waals surface area contributed by atoms with Crippen LogP contribution in [0.2, 0.25) is 5.02 Å². The summed E-state index contributed by atoms with van der Waals surface area (Å²) in [6.45, 7) is 6.82. The fourth-order valence-corrected chi connectivity index (χ4v) is 2.83. The van der Waals surface area contributed by atoms with E-state index in [1.807, 2.05) is 6.07 Å². The van der Waals surface area contributed by atoms with Crippen LogP contribution in [0, 0.1) is 5.92 Å². The molecule has 0 saturated carbocycles. The van der Waals surface area contributed by atoms with E-state index in [1.54, 1.807) is 11.3 Å². The third-order valence-electron chi connectivity index (χ3n) is 2.80.